The average molecular weight is 180 g/mol. The molecule has 70 valence electrons. The van der Waals surface area contributed by atoms with Gasteiger partial charge in [0.15, 0.2) is 0 Å². The summed E-state index contributed by atoms with van der Waals surface area (Å²) in [4.78, 5) is 15.3. The van der Waals surface area contributed by atoms with Crippen LogP contribution in [0.4, 0.5) is 0 Å². The average Bonchev–Trinajstić information content (AvgIpc) is 2.52. The molecule has 4 nitrogen and oxygen atoms in total. The summed E-state index contributed by atoms with van der Waals surface area (Å²) in [5, 5.41) is 0. The zero-order valence-corrected chi connectivity index (χ0v) is 7.56. The van der Waals surface area contributed by atoms with Crippen molar-refractivity contribution in [1.29, 1.82) is 0 Å². The van der Waals surface area contributed by atoms with Crippen LogP contribution in [0.5, 0.6) is 0 Å². The fraction of sp³-hybridized carbons (Fsp3) is 0.556. The molecular weight excluding hydrogens is 168 g/mol. The lowest BCUT2D eigenvalue weighted by Gasteiger charge is -2.19. The van der Waals surface area contributed by atoms with Crippen LogP contribution in [0.15, 0.2) is 12.5 Å². The number of aryl methyl sites for hydroxylation is 1. The summed E-state index contributed by atoms with van der Waals surface area (Å²) < 4.78 is 7.31. The second-order valence-electron chi connectivity index (χ2n) is 3.32. The largest absolute Gasteiger partial charge is 0.371 e. The first-order valence-corrected chi connectivity index (χ1v) is 4.37. The lowest BCUT2D eigenvalue weighted by atomic mass is 10.1. The van der Waals surface area contributed by atoms with Crippen molar-refractivity contribution in [3.63, 3.8) is 0 Å². The molecule has 1 aromatic heterocycles. The summed E-state index contributed by atoms with van der Waals surface area (Å²) in [6, 6.07) is 0. The quantitative estimate of drug-likeness (QED) is 0.643. The van der Waals surface area contributed by atoms with E-state index in [-0.39, 0.29) is 11.9 Å². The van der Waals surface area contributed by atoms with Crippen LogP contribution in [0, 0.1) is 0 Å². The topological polar surface area (TPSA) is 44.1 Å². The second-order valence-corrected chi connectivity index (χ2v) is 3.32. The van der Waals surface area contributed by atoms with E-state index < -0.39 is 0 Å². The monoisotopic (exact) mass is 180 g/mol. The van der Waals surface area contributed by atoms with Gasteiger partial charge in [-0.3, -0.25) is 4.79 Å². The van der Waals surface area contributed by atoms with Gasteiger partial charge in [-0.15, -0.1) is 0 Å². The predicted octanol–water partition coefficient (Wildman–Crippen LogP) is 0.841. The molecule has 0 bridgehead atoms. The first kappa shape index (κ1) is 8.44. The number of aromatic nitrogens is 2. The Labute approximate surface area is 76.5 Å². The number of ether oxygens (including phenoxy) is 1. The van der Waals surface area contributed by atoms with Crippen LogP contribution in [-0.4, -0.2) is 21.9 Å². The van der Waals surface area contributed by atoms with Crippen molar-refractivity contribution in [2.24, 2.45) is 7.05 Å². The molecule has 1 fully saturated rings. The molecule has 1 aliphatic rings. The number of ketones is 1. The van der Waals surface area contributed by atoms with Crippen molar-refractivity contribution < 1.29 is 9.53 Å². The van der Waals surface area contributed by atoms with Crippen LogP contribution < -0.4 is 0 Å². The molecule has 0 amide bonds. The van der Waals surface area contributed by atoms with Gasteiger partial charge in [-0.05, 0) is 0 Å². The third kappa shape index (κ3) is 1.78. The lowest BCUT2D eigenvalue weighted by Crippen LogP contribution is -2.19. The van der Waals surface area contributed by atoms with E-state index >= 15 is 0 Å². The number of imidazole rings is 1. The van der Waals surface area contributed by atoms with E-state index in [1.54, 1.807) is 6.33 Å². The first-order chi connectivity index (χ1) is 6.25. The maximum absolute atomic E-state index is 11.1. The van der Waals surface area contributed by atoms with Crippen LogP contribution in [0.25, 0.3) is 0 Å². The van der Waals surface area contributed by atoms with Crippen molar-refractivity contribution in [3.05, 3.63) is 18.2 Å². The van der Waals surface area contributed by atoms with Gasteiger partial charge in [0.25, 0.3) is 0 Å². The molecule has 1 saturated heterocycles. The maximum atomic E-state index is 11.1. The maximum Gasteiger partial charge on any atom is 0.138 e. The summed E-state index contributed by atoms with van der Waals surface area (Å²) >= 11 is 0. The number of hydrogen-bond donors (Lipinski definition) is 0. The summed E-state index contributed by atoms with van der Waals surface area (Å²) in [5.41, 5.74) is 0.857. The fourth-order valence-electron chi connectivity index (χ4n) is 1.47. The predicted molar refractivity (Wildman–Crippen MR) is 46.1 cm³/mol. The molecule has 13 heavy (non-hydrogen) atoms. The zero-order valence-electron chi connectivity index (χ0n) is 7.56. The van der Waals surface area contributed by atoms with Crippen molar-refractivity contribution in [2.75, 3.05) is 6.61 Å². The Morgan fingerprint density at radius 2 is 2.54 bits per heavy atom. The van der Waals surface area contributed by atoms with Crippen molar-refractivity contribution in [3.8, 4) is 0 Å². The van der Waals surface area contributed by atoms with Gasteiger partial charge >= 0.3 is 0 Å². The van der Waals surface area contributed by atoms with Gasteiger partial charge in [0.1, 0.15) is 11.9 Å². The van der Waals surface area contributed by atoms with E-state index in [1.165, 1.54) is 0 Å². The van der Waals surface area contributed by atoms with Crippen LogP contribution in [-0.2, 0) is 16.6 Å². The number of Topliss-reactive ketones (excluding diaryl/α,β-unsaturated/α-hetero) is 1. The van der Waals surface area contributed by atoms with E-state index in [0.29, 0.717) is 19.4 Å². The fourth-order valence-corrected chi connectivity index (χ4v) is 1.47. The summed E-state index contributed by atoms with van der Waals surface area (Å²) in [7, 11) is 1.90. The van der Waals surface area contributed by atoms with Gasteiger partial charge in [-0.1, -0.05) is 0 Å². The second kappa shape index (κ2) is 3.30. The molecule has 1 unspecified atom stereocenters. The summed E-state index contributed by atoms with van der Waals surface area (Å²) in [5.74, 6) is 0.266. The SMILES string of the molecule is Cn1cnc(C2CC(=O)CCO2)c1. The van der Waals surface area contributed by atoms with E-state index in [4.69, 9.17) is 4.74 Å². The van der Waals surface area contributed by atoms with Gasteiger partial charge in [-0.25, -0.2) is 4.98 Å². The molecule has 0 N–H and O–H groups in total. The van der Waals surface area contributed by atoms with Crippen LogP contribution in [0.2, 0.25) is 0 Å². The Morgan fingerprint density at radius 3 is 3.15 bits per heavy atom. The molecule has 4 heteroatoms. The molecule has 0 aliphatic carbocycles. The number of hydrogen-bond acceptors (Lipinski definition) is 3. The van der Waals surface area contributed by atoms with E-state index in [2.05, 4.69) is 4.98 Å². The highest BCUT2D eigenvalue weighted by atomic mass is 16.5. The Balaban J connectivity index is 2.12. The molecule has 0 aromatic carbocycles. The highest BCUT2D eigenvalue weighted by Crippen LogP contribution is 2.24. The molecular formula is C9H12N2O2. The summed E-state index contributed by atoms with van der Waals surface area (Å²) in [6.45, 7) is 0.528. The van der Waals surface area contributed by atoms with Gasteiger partial charge in [-0.2, -0.15) is 0 Å². The molecule has 2 rings (SSSR count). The van der Waals surface area contributed by atoms with Crippen molar-refractivity contribution >= 4 is 5.78 Å². The first-order valence-electron chi connectivity index (χ1n) is 4.37. The van der Waals surface area contributed by atoms with Gasteiger partial charge < -0.3 is 9.30 Å². The van der Waals surface area contributed by atoms with Crippen LogP contribution in [0.3, 0.4) is 0 Å². The molecule has 2 heterocycles. The smallest absolute Gasteiger partial charge is 0.138 e. The third-order valence-electron chi connectivity index (χ3n) is 2.17. The van der Waals surface area contributed by atoms with E-state index in [0.717, 1.165) is 5.69 Å². The normalized spacial score (nSPS) is 23.5. The Hall–Kier alpha value is -1.16. The number of nitrogens with zero attached hydrogens (tertiary/aromatic N) is 2. The van der Waals surface area contributed by atoms with Crippen LogP contribution >= 0.6 is 0 Å². The van der Waals surface area contributed by atoms with Gasteiger partial charge in [0.2, 0.25) is 0 Å². The Kier molecular flexibility index (Phi) is 2.14. The summed E-state index contributed by atoms with van der Waals surface area (Å²) in [6.07, 6.45) is 4.50. The number of rotatable bonds is 1. The number of carbonyl (C=O) groups is 1. The zero-order chi connectivity index (χ0) is 9.26. The van der Waals surface area contributed by atoms with Crippen LogP contribution in [0.1, 0.15) is 24.6 Å². The highest BCUT2D eigenvalue weighted by Gasteiger charge is 2.23. The molecule has 1 aliphatic heterocycles. The molecule has 0 saturated carbocycles. The standard InChI is InChI=1S/C9H12N2O2/c1-11-5-8(10-6-11)9-4-7(12)2-3-13-9/h5-6,9H,2-4H2,1H3. The molecule has 1 atom stereocenters. The molecule has 1 aromatic rings. The van der Waals surface area contributed by atoms with E-state index in [9.17, 15) is 4.79 Å². The minimum Gasteiger partial charge on any atom is -0.371 e. The van der Waals surface area contributed by atoms with E-state index in [1.807, 2.05) is 17.8 Å². The Morgan fingerprint density at radius 1 is 1.69 bits per heavy atom. The van der Waals surface area contributed by atoms with Crippen molar-refractivity contribution in [1.82, 2.24) is 9.55 Å². The van der Waals surface area contributed by atoms with Crippen molar-refractivity contribution in [2.45, 2.75) is 18.9 Å². The minimum absolute atomic E-state index is 0.123. The third-order valence-corrected chi connectivity index (χ3v) is 2.17. The lowest BCUT2D eigenvalue weighted by molar-refractivity contribution is -0.128. The van der Waals surface area contributed by atoms with Gasteiger partial charge in [0, 0.05) is 26.1 Å². The van der Waals surface area contributed by atoms with Gasteiger partial charge in [0.05, 0.1) is 18.6 Å². The molecule has 0 radical (unpaired) electrons. The molecule has 0 spiro atoms. The minimum atomic E-state index is -0.123. The number of carbonyl (C=O) groups excluding carboxylic acids is 1. The Bertz CT molecular complexity index is 319. The highest BCUT2D eigenvalue weighted by molar-refractivity contribution is 5.79.